The maximum Gasteiger partial charge on any atom is 0.246 e. The van der Waals surface area contributed by atoms with Gasteiger partial charge in [0.15, 0.2) is 5.96 Å². The topological polar surface area (TPSA) is 65.8 Å². The van der Waals surface area contributed by atoms with E-state index in [2.05, 4.69) is 22.2 Å². The standard InChI is InChI=1S/C17H28N6O/c1-3-18-17(19-8-4-5-14-6-7-14)22-9-10-23(16(24)13-22)15-11-20-21(2)12-15/h11-12,14H,3-10,13H2,1-2H3,(H,18,19). The molecule has 1 amide bonds. The van der Waals surface area contributed by atoms with Crippen LogP contribution in [0.2, 0.25) is 0 Å². The molecule has 24 heavy (non-hydrogen) atoms. The third-order valence-corrected chi connectivity index (χ3v) is 4.59. The summed E-state index contributed by atoms with van der Waals surface area (Å²) in [4.78, 5) is 21.1. The molecule has 0 spiro atoms. The Labute approximate surface area is 143 Å². The SMILES string of the molecule is CCNC(=NCCCC1CC1)N1CCN(c2cnn(C)c2)C(=O)C1. The van der Waals surface area contributed by atoms with Crippen LogP contribution >= 0.6 is 0 Å². The van der Waals surface area contributed by atoms with Gasteiger partial charge in [-0.3, -0.25) is 14.5 Å². The maximum absolute atomic E-state index is 12.5. The molecule has 1 aliphatic heterocycles. The van der Waals surface area contributed by atoms with Crippen LogP contribution in [-0.2, 0) is 11.8 Å². The lowest BCUT2D eigenvalue weighted by molar-refractivity contribution is -0.120. The van der Waals surface area contributed by atoms with E-state index in [0.717, 1.165) is 43.6 Å². The molecule has 132 valence electrons. The molecule has 0 unspecified atom stereocenters. The fourth-order valence-corrected chi connectivity index (χ4v) is 3.07. The van der Waals surface area contributed by atoms with Crippen LogP contribution < -0.4 is 10.2 Å². The van der Waals surface area contributed by atoms with E-state index in [1.807, 2.05) is 13.2 Å². The Hall–Kier alpha value is -2.05. The first-order chi connectivity index (χ1) is 11.7. The summed E-state index contributed by atoms with van der Waals surface area (Å²) in [7, 11) is 1.86. The number of hydrogen-bond donors (Lipinski definition) is 1. The summed E-state index contributed by atoms with van der Waals surface area (Å²) >= 11 is 0. The lowest BCUT2D eigenvalue weighted by atomic mass is 10.2. The predicted molar refractivity (Wildman–Crippen MR) is 95.1 cm³/mol. The zero-order valence-electron chi connectivity index (χ0n) is 14.7. The van der Waals surface area contributed by atoms with Crippen molar-refractivity contribution < 1.29 is 4.79 Å². The smallest absolute Gasteiger partial charge is 0.246 e. The summed E-state index contributed by atoms with van der Waals surface area (Å²) in [6, 6.07) is 0. The van der Waals surface area contributed by atoms with Gasteiger partial charge in [0.05, 0.1) is 11.9 Å². The fraction of sp³-hybridized carbons (Fsp3) is 0.706. The zero-order chi connectivity index (χ0) is 16.9. The van der Waals surface area contributed by atoms with Crippen molar-refractivity contribution in [2.24, 2.45) is 18.0 Å². The van der Waals surface area contributed by atoms with Gasteiger partial charge in [-0.05, 0) is 25.7 Å². The number of guanidine groups is 1. The van der Waals surface area contributed by atoms with Crippen LogP contribution in [0.1, 0.15) is 32.6 Å². The first kappa shape index (κ1) is 16.8. The van der Waals surface area contributed by atoms with Gasteiger partial charge in [-0.25, -0.2) is 0 Å². The van der Waals surface area contributed by atoms with E-state index in [0.29, 0.717) is 13.1 Å². The number of hydrogen-bond acceptors (Lipinski definition) is 3. The lowest BCUT2D eigenvalue weighted by Crippen LogP contribution is -2.55. The van der Waals surface area contributed by atoms with Crippen LogP contribution in [0.5, 0.6) is 0 Å². The average Bonchev–Trinajstić information content (AvgIpc) is 3.30. The Bertz CT molecular complexity index is 592. The van der Waals surface area contributed by atoms with Crippen LogP contribution in [0.25, 0.3) is 0 Å². The van der Waals surface area contributed by atoms with E-state index < -0.39 is 0 Å². The highest BCUT2D eigenvalue weighted by Crippen LogP contribution is 2.33. The van der Waals surface area contributed by atoms with Crippen molar-refractivity contribution in [1.29, 1.82) is 0 Å². The monoisotopic (exact) mass is 332 g/mol. The second kappa shape index (κ2) is 7.68. The highest BCUT2D eigenvalue weighted by molar-refractivity contribution is 5.98. The Morgan fingerprint density at radius 3 is 2.88 bits per heavy atom. The maximum atomic E-state index is 12.5. The quantitative estimate of drug-likeness (QED) is 0.483. The summed E-state index contributed by atoms with van der Waals surface area (Å²) in [5.74, 6) is 1.91. The van der Waals surface area contributed by atoms with E-state index in [9.17, 15) is 4.79 Å². The number of aliphatic imine (C=N–C) groups is 1. The van der Waals surface area contributed by atoms with E-state index in [1.54, 1.807) is 15.8 Å². The molecule has 2 aliphatic rings. The molecule has 3 rings (SSSR count). The van der Waals surface area contributed by atoms with Gasteiger partial charge in [-0.15, -0.1) is 0 Å². The molecule has 1 aromatic heterocycles. The fourth-order valence-electron chi connectivity index (χ4n) is 3.07. The Balaban J connectivity index is 1.56. The molecule has 0 bridgehead atoms. The number of anilines is 1. The van der Waals surface area contributed by atoms with Gasteiger partial charge in [0.2, 0.25) is 5.91 Å². The van der Waals surface area contributed by atoms with Gasteiger partial charge >= 0.3 is 0 Å². The predicted octanol–water partition coefficient (Wildman–Crippen LogP) is 1.22. The van der Waals surface area contributed by atoms with Crippen molar-refractivity contribution in [2.75, 3.05) is 37.6 Å². The Morgan fingerprint density at radius 2 is 2.25 bits per heavy atom. The molecule has 1 aliphatic carbocycles. The van der Waals surface area contributed by atoms with Gasteiger partial charge < -0.3 is 15.1 Å². The largest absolute Gasteiger partial charge is 0.357 e. The van der Waals surface area contributed by atoms with Crippen molar-refractivity contribution in [3.8, 4) is 0 Å². The number of nitrogens with zero attached hydrogens (tertiary/aromatic N) is 5. The Kier molecular flexibility index (Phi) is 5.37. The minimum Gasteiger partial charge on any atom is -0.357 e. The summed E-state index contributed by atoms with van der Waals surface area (Å²) in [5, 5.41) is 7.48. The molecular formula is C17H28N6O. The molecule has 1 aromatic rings. The molecule has 0 aromatic carbocycles. The van der Waals surface area contributed by atoms with Gasteiger partial charge in [-0.2, -0.15) is 5.10 Å². The van der Waals surface area contributed by atoms with Crippen molar-refractivity contribution in [3.63, 3.8) is 0 Å². The minimum absolute atomic E-state index is 0.0952. The molecule has 2 heterocycles. The molecule has 1 saturated carbocycles. The highest BCUT2D eigenvalue weighted by Gasteiger charge is 2.27. The summed E-state index contributed by atoms with van der Waals surface area (Å²) in [6.07, 6.45) is 8.85. The third kappa shape index (κ3) is 4.27. The molecule has 1 saturated heterocycles. The van der Waals surface area contributed by atoms with Crippen molar-refractivity contribution in [3.05, 3.63) is 12.4 Å². The number of carbonyl (C=O) groups excluding carboxylic acids is 1. The van der Waals surface area contributed by atoms with Crippen LogP contribution in [0, 0.1) is 5.92 Å². The van der Waals surface area contributed by atoms with Gasteiger partial charge in [-0.1, -0.05) is 12.8 Å². The van der Waals surface area contributed by atoms with E-state index >= 15 is 0 Å². The first-order valence-corrected chi connectivity index (χ1v) is 8.99. The van der Waals surface area contributed by atoms with Crippen molar-refractivity contribution in [1.82, 2.24) is 20.0 Å². The van der Waals surface area contributed by atoms with Gasteiger partial charge in [0.1, 0.15) is 6.54 Å². The summed E-state index contributed by atoms with van der Waals surface area (Å²) in [5.41, 5.74) is 0.869. The van der Waals surface area contributed by atoms with Crippen LogP contribution in [0.3, 0.4) is 0 Å². The number of piperazine rings is 1. The van der Waals surface area contributed by atoms with E-state index in [-0.39, 0.29) is 5.91 Å². The number of rotatable bonds is 6. The number of aryl methyl sites for hydroxylation is 1. The van der Waals surface area contributed by atoms with Crippen LogP contribution in [-0.4, -0.2) is 59.3 Å². The number of amides is 1. The highest BCUT2D eigenvalue weighted by atomic mass is 16.2. The molecule has 0 atom stereocenters. The Morgan fingerprint density at radius 1 is 1.42 bits per heavy atom. The third-order valence-electron chi connectivity index (χ3n) is 4.59. The first-order valence-electron chi connectivity index (χ1n) is 8.99. The summed E-state index contributed by atoms with van der Waals surface area (Å²) in [6.45, 7) is 5.54. The van der Waals surface area contributed by atoms with Gasteiger partial charge in [0.25, 0.3) is 0 Å². The molecule has 7 heteroatoms. The van der Waals surface area contributed by atoms with E-state index in [1.165, 1.54) is 19.3 Å². The lowest BCUT2D eigenvalue weighted by Gasteiger charge is -2.35. The van der Waals surface area contributed by atoms with E-state index in [4.69, 9.17) is 4.99 Å². The molecule has 1 N–H and O–H groups in total. The molecule has 7 nitrogen and oxygen atoms in total. The minimum atomic E-state index is 0.0952. The van der Waals surface area contributed by atoms with Crippen LogP contribution in [0.4, 0.5) is 5.69 Å². The van der Waals surface area contributed by atoms with Crippen LogP contribution in [0.15, 0.2) is 17.4 Å². The molecular weight excluding hydrogens is 304 g/mol. The number of aromatic nitrogens is 2. The zero-order valence-corrected chi connectivity index (χ0v) is 14.7. The second-order valence-electron chi connectivity index (χ2n) is 6.66. The number of nitrogens with one attached hydrogen (secondary N) is 1. The van der Waals surface area contributed by atoms with Gasteiger partial charge in [0, 0.05) is 39.4 Å². The molecule has 2 fully saturated rings. The molecule has 0 radical (unpaired) electrons. The average molecular weight is 332 g/mol. The second-order valence-corrected chi connectivity index (χ2v) is 6.66. The number of carbonyl (C=O) groups is 1. The normalized spacial score (nSPS) is 19.1. The van der Waals surface area contributed by atoms with Crippen molar-refractivity contribution in [2.45, 2.75) is 32.6 Å². The summed E-state index contributed by atoms with van der Waals surface area (Å²) < 4.78 is 1.72. The van der Waals surface area contributed by atoms with Crippen molar-refractivity contribution >= 4 is 17.6 Å².